The molecule has 368 valence electrons. The van der Waals surface area contributed by atoms with Gasteiger partial charge in [0.2, 0.25) is 0 Å². The average molecular weight is 901 g/mol. The van der Waals surface area contributed by atoms with Crippen LogP contribution < -0.4 is 0 Å². The fourth-order valence-corrected chi connectivity index (χ4v) is 7.58. The van der Waals surface area contributed by atoms with Crippen LogP contribution in [0.1, 0.15) is 168 Å². The number of hydrogen-bond donors (Lipinski definition) is 7. The summed E-state index contributed by atoms with van der Waals surface area (Å²) in [6.07, 6.45) is 23.6. The Balaban J connectivity index is 1.75. The molecule has 11 atom stereocenters. The number of allylic oxidation sites excluding steroid dienone is 6. The topological polar surface area (TPSA) is 214 Å². The van der Waals surface area contributed by atoms with Gasteiger partial charge in [0.1, 0.15) is 54.9 Å². The molecule has 0 bridgehead atoms. The van der Waals surface area contributed by atoms with Gasteiger partial charge in [0.05, 0.1) is 26.4 Å². The van der Waals surface area contributed by atoms with Gasteiger partial charge < -0.3 is 64.2 Å². The number of carbonyl (C=O) groups is 1. The molecule has 0 aromatic rings. The fraction of sp³-hybridized carbons (Fsp3) is 0.857. The van der Waals surface area contributed by atoms with Gasteiger partial charge in [0, 0.05) is 13.0 Å². The SMILES string of the molecule is CCCCC/C=C\C/C=C\C/C=C\CCCCCCCCCOCC(COC1OC(COC2OC(CO)C(O)C(O)C2O)C(O)C(O)C1O)OC(=O)CCCCCCCCCCC. The molecule has 11 unspecified atom stereocenters. The van der Waals surface area contributed by atoms with E-state index in [1.807, 2.05) is 0 Å². The smallest absolute Gasteiger partial charge is 0.306 e. The molecule has 2 rings (SSSR count). The van der Waals surface area contributed by atoms with E-state index in [9.17, 15) is 40.5 Å². The molecule has 0 aliphatic carbocycles. The summed E-state index contributed by atoms with van der Waals surface area (Å²) in [5.74, 6) is -0.384. The number of esters is 1. The molecule has 2 aliphatic rings. The third-order valence-electron chi connectivity index (χ3n) is 11.7. The van der Waals surface area contributed by atoms with Crippen LogP contribution in [0.25, 0.3) is 0 Å². The molecule has 0 radical (unpaired) electrons. The van der Waals surface area contributed by atoms with E-state index in [1.165, 1.54) is 83.5 Å². The predicted octanol–water partition coefficient (Wildman–Crippen LogP) is 6.63. The molecule has 2 heterocycles. The Labute approximate surface area is 379 Å². The molecule has 0 amide bonds. The summed E-state index contributed by atoms with van der Waals surface area (Å²) in [6, 6.07) is 0. The van der Waals surface area contributed by atoms with Crippen LogP contribution in [0.4, 0.5) is 0 Å². The first kappa shape index (κ1) is 57.3. The maximum atomic E-state index is 12.9. The van der Waals surface area contributed by atoms with E-state index in [0.717, 1.165) is 57.8 Å². The van der Waals surface area contributed by atoms with Crippen molar-refractivity contribution in [3.05, 3.63) is 36.5 Å². The second-order valence-electron chi connectivity index (χ2n) is 17.3. The highest BCUT2D eigenvalue weighted by molar-refractivity contribution is 5.69. The summed E-state index contributed by atoms with van der Waals surface area (Å²) in [4.78, 5) is 12.9. The van der Waals surface area contributed by atoms with E-state index in [0.29, 0.717) is 13.0 Å². The lowest BCUT2D eigenvalue weighted by atomic mass is 9.98. The molecule has 2 aliphatic heterocycles. The van der Waals surface area contributed by atoms with Gasteiger partial charge in [-0.15, -0.1) is 0 Å². The van der Waals surface area contributed by atoms with Crippen LogP contribution in [-0.4, -0.2) is 142 Å². The molecule has 2 saturated heterocycles. The fourth-order valence-electron chi connectivity index (χ4n) is 7.58. The Kier molecular flexibility index (Phi) is 34.0. The normalized spacial score (nSPS) is 27.3. The van der Waals surface area contributed by atoms with E-state index in [1.54, 1.807) is 0 Å². The number of ether oxygens (including phenoxy) is 6. The van der Waals surface area contributed by atoms with Gasteiger partial charge in [-0.1, -0.05) is 147 Å². The van der Waals surface area contributed by atoms with Gasteiger partial charge in [0.25, 0.3) is 0 Å². The Bertz CT molecular complexity index is 1180. The summed E-state index contributed by atoms with van der Waals surface area (Å²) in [7, 11) is 0. The van der Waals surface area contributed by atoms with Crippen molar-refractivity contribution in [2.24, 2.45) is 0 Å². The molecule has 63 heavy (non-hydrogen) atoms. The molecule has 0 aromatic heterocycles. The summed E-state index contributed by atoms with van der Waals surface area (Å²) >= 11 is 0. The Morgan fingerprint density at radius 2 is 0.984 bits per heavy atom. The van der Waals surface area contributed by atoms with Crippen LogP contribution >= 0.6 is 0 Å². The number of unbranched alkanes of at least 4 members (excludes halogenated alkanes) is 18. The van der Waals surface area contributed by atoms with Crippen LogP contribution in [0.3, 0.4) is 0 Å². The second-order valence-corrected chi connectivity index (χ2v) is 17.3. The van der Waals surface area contributed by atoms with Gasteiger partial charge >= 0.3 is 5.97 Å². The number of aliphatic hydroxyl groups excluding tert-OH is 7. The third-order valence-corrected chi connectivity index (χ3v) is 11.7. The highest BCUT2D eigenvalue weighted by Gasteiger charge is 2.47. The standard InChI is InChI=1S/C49H88O14/c1-3-5-7-9-11-13-14-15-16-17-18-19-20-21-22-23-25-27-29-31-33-58-35-38(61-41(51)32-30-28-26-24-12-10-8-6-4-2)36-59-48-47(57)45(55)43(53)40(63-48)37-60-49-46(56)44(54)42(52)39(34-50)62-49/h11,13,15-16,18-19,38-40,42-50,52-57H,3-10,12,14,17,20-37H2,1-2H3/b13-11-,16-15-,19-18-. The van der Waals surface area contributed by atoms with Crippen molar-refractivity contribution in [3.63, 3.8) is 0 Å². The molecule has 14 heteroatoms. The van der Waals surface area contributed by atoms with Crippen LogP contribution in [-0.2, 0) is 33.2 Å². The zero-order valence-electron chi connectivity index (χ0n) is 38.8. The highest BCUT2D eigenvalue weighted by atomic mass is 16.7. The minimum atomic E-state index is -1.71. The molecule has 7 N–H and O–H groups in total. The lowest BCUT2D eigenvalue weighted by molar-refractivity contribution is -0.332. The van der Waals surface area contributed by atoms with E-state index in [2.05, 4.69) is 50.3 Å². The third kappa shape index (κ3) is 25.6. The van der Waals surface area contributed by atoms with Crippen molar-refractivity contribution in [2.45, 2.75) is 235 Å². The minimum absolute atomic E-state index is 0.0562. The summed E-state index contributed by atoms with van der Waals surface area (Å²) in [6.45, 7) is 3.60. The largest absolute Gasteiger partial charge is 0.457 e. The van der Waals surface area contributed by atoms with Crippen molar-refractivity contribution in [3.8, 4) is 0 Å². The van der Waals surface area contributed by atoms with Crippen LogP contribution in [0, 0.1) is 0 Å². The van der Waals surface area contributed by atoms with Crippen LogP contribution in [0.2, 0.25) is 0 Å². The lowest BCUT2D eigenvalue weighted by Crippen LogP contribution is -2.61. The zero-order chi connectivity index (χ0) is 45.9. The molecule has 0 spiro atoms. The maximum Gasteiger partial charge on any atom is 0.306 e. The van der Waals surface area contributed by atoms with Crippen molar-refractivity contribution >= 4 is 5.97 Å². The van der Waals surface area contributed by atoms with Crippen LogP contribution in [0.15, 0.2) is 36.5 Å². The van der Waals surface area contributed by atoms with Crippen molar-refractivity contribution in [1.82, 2.24) is 0 Å². The van der Waals surface area contributed by atoms with E-state index in [4.69, 9.17) is 28.4 Å². The number of carbonyl (C=O) groups excluding carboxylic acids is 1. The van der Waals surface area contributed by atoms with Gasteiger partial charge in [0.15, 0.2) is 12.6 Å². The van der Waals surface area contributed by atoms with Crippen molar-refractivity contribution in [1.29, 1.82) is 0 Å². The highest BCUT2D eigenvalue weighted by Crippen LogP contribution is 2.26. The van der Waals surface area contributed by atoms with Gasteiger partial charge in [-0.3, -0.25) is 4.79 Å². The van der Waals surface area contributed by atoms with E-state index in [-0.39, 0.29) is 25.6 Å². The van der Waals surface area contributed by atoms with Crippen LogP contribution in [0.5, 0.6) is 0 Å². The minimum Gasteiger partial charge on any atom is -0.457 e. The zero-order valence-corrected chi connectivity index (χ0v) is 38.8. The van der Waals surface area contributed by atoms with Crippen molar-refractivity contribution in [2.75, 3.05) is 33.0 Å². The molecule has 0 saturated carbocycles. The second kappa shape index (κ2) is 37.3. The number of aliphatic hydroxyl groups is 7. The van der Waals surface area contributed by atoms with Gasteiger partial charge in [-0.25, -0.2) is 0 Å². The lowest BCUT2D eigenvalue weighted by Gasteiger charge is -2.42. The predicted molar refractivity (Wildman–Crippen MR) is 243 cm³/mol. The first-order valence-electron chi connectivity index (χ1n) is 24.6. The summed E-state index contributed by atoms with van der Waals surface area (Å²) in [5, 5.41) is 71.9. The van der Waals surface area contributed by atoms with Gasteiger partial charge in [-0.2, -0.15) is 0 Å². The summed E-state index contributed by atoms with van der Waals surface area (Å²) in [5.41, 5.74) is 0. The van der Waals surface area contributed by atoms with Gasteiger partial charge in [-0.05, 0) is 51.4 Å². The molecular weight excluding hydrogens is 813 g/mol. The monoisotopic (exact) mass is 901 g/mol. The molecule has 14 nitrogen and oxygen atoms in total. The molecule has 2 fully saturated rings. The molecule has 0 aromatic carbocycles. The maximum absolute atomic E-state index is 12.9. The summed E-state index contributed by atoms with van der Waals surface area (Å²) < 4.78 is 34.2. The number of hydrogen-bond acceptors (Lipinski definition) is 14. The Hall–Kier alpha value is -1.79. The van der Waals surface area contributed by atoms with Crippen molar-refractivity contribution < 1.29 is 69.0 Å². The first-order valence-corrected chi connectivity index (χ1v) is 24.6. The average Bonchev–Trinajstić information content (AvgIpc) is 3.28. The Morgan fingerprint density at radius 3 is 1.57 bits per heavy atom. The number of rotatable bonds is 38. The van der Waals surface area contributed by atoms with E-state index >= 15 is 0 Å². The Morgan fingerprint density at radius 1 is 0.524 bits per heavy atom. The van der Waals surface area contributed by atoms with E-state index < -0.39 is 80.7 Å². The molecular formula is C49H88O14. The quantitative estimate of drug-likeness (QED) is 0.0197. The first-order chi connectivity index (χ1) is 30.6.